The van der Waals surface area contributed by atoms with Gasteiger partial charge in [0, 0.05) is 6.07 Å². The minimum absolute atomic E-state index is 0.0681. The summed E-state index contributed by atoms with van der Waals surface area (Å²) < 4.78 is 20.7. The second-order valence-electron chi connectivity index (χ2n) is 8.02. The fourth-order valence-electron chi connectivity index (χ4n) is 3.31. The maximum absolute atomic E-state index is 12.1. The summed E-state index contributed by atoms with van der Waals surface area (Å²) in [6.45, 7) is 0.0251. The van der Waals surface area contributed by atoms with Crippen molar-refractivity contribution in [2.75, 3.05) is 27.4 Å². The molecule has 0 spiro atoms. The highest BCUT2D eigenvalue weighted by Gasteiger charge is 2.14. The first-order valence-electron chi connectivity index (χ1n) is 11.5. The van der Waals surface area contributed by atoms with Crippen molar-refractivity contribution in [1.82, 2.24) is 5.32 Å². The van der Waals surface area contributed by atoms with Crippen molar-refractivity contribution in [3.05, 3.63) is 83.4 Å². The van der Waals surface area contributed by atoms with E-state index in [1.165, 1.54) is 12.1 Å². The number of benzene rings is 3. The first-order chi connectivity index (χ1) is 17.9. The molecule has 0 aliphatic rings. The van der Waals surface area contributed by atoms with E-state index >= 15 is 0 Å². The number of phenolic OH excluding ortho intramolecular Hbond substituents is 1. The van der Waals surface area contributed by atoms with Gasteiger partial charge in [-0.25, -0.2) is 4.79 Å². The zero-order valence-corrected chi connectivity index (χ0v) is 20.7. The molecule has 0 radical (unpaired) electrons. The predicted molar refractivity (Wildman–Crippen MR) is 140 cm³/mol. The zero-order valence-electron chi connectivity index (χ0n) is 20.7. The Morgan fingerprint density at radius 2 is 1.51 bits per heavy atom. The van der Waals surface area contributed by atoms with Gasteiger partial charge in [-0.2, -0.15) is 0 Å². The van der Waals surface area contributed by atoms with Gasteiger partial charge in [0.1, 0.15) is 29.6 Å². The van der Waals surface area contributed by atoms with Crippen LogP contribution in [0, 0.1) is 0 Å². The molecule has 0 heterocycles. The van der Waals surface area contributed by atoms with Gasteiger partial charge >= 0.3 is 6.16 Å². The summed E-state index contributed by atoms with van der Waals surface area (Å²) in [4.78, 5) is 24.1. The smallest absolute Gasteiger partial charge is 0.508 e. The second kappa shape index (κ2) is 13.6. The van der Waals surface area contributed by atoms with Gasteiger partial charge in [-0.3, -0.25) is 4.79 Å². The maximum atomic E-state index is 12.1. The molecule has 0 saturated heterocycles. The first kappa shape index (κ1) is 27.1. The highest BCUT2D eigenvalue weighted by Crippen LogP contribution is 2.24. The van der Waals surface area contributed by atoms with E-state index in [4.69, 9.17) is 24.7 Å². The van der Waals surface area contributed by atoms with Crippen molar-refractivity contribution in [2.45, 2.75) is 12.5 Å². The molecule has 0 bridgehead atoms. The van der Waals surface area contributed by atoms with E-state index in [1.807, 2.05) is 24.3 Å². The third-order valence-electron chi connectivity index (χ3n) is 5.27. The van der Waals surface area contributed by atoms with Gasteiger partial charge in [0.25, 0.3) is 0 Å². The number of rotatable bonds is 11. The van der Waals surface area contributed by atoms with Gasteiger partial charge in [-0.05, 0) is 59.5 Å². The van der Waals surface area contributed by atoms with Crippen LogP contribution in [0.15, 0.2) is 66.7 Å². The Hall–Kier alpha value is -4.50. The average Bonchev–Trinajstić information content (AvgIpc) is 2.91. The van der Waals surface area contributed by atoms with Crippen molar-refractivity contribution >= 4 is 24.2 Å². The number of nitrogens with one attached hydrogen (secondary N) is 1. The van der Waals surface area contributed by atoms with Gasteiger partial charge < -0.3 is 35.1 Å². The summed E-state index contributed by atoms with van der Waals surface area (Å²) in [6.07, 6.45) is 3.26. The van der Waals surface area contributed by atoms with Crippen LogP contribution in [0.1, 0.15) is 16.7 Å². The summed E-state index contributed by atoms with van der Waals surface area (Å²) >= 11 is 0. The number of carbonyl (C=O) groups excluding carboxylic acids is 2. The summed E-state index contributed by atoms with van der Waals surface area (Å²) in [7, 11) is 3.19. The third kappa shape index (κ3) is 8.90. The standard InChI is InChI=1S/C28H30N2O7/c1-34-24-15-21(16-25(18-24)35-2)4-3-19-7-11-23(12-8-19)37-28(33)36-14-13-30-27(32)26(29)17-20-5-9-22(31)10-6-20/h3-12,15-16,18,26,31H,13-14,17,29H2,1-2H3,(H,30,32). The zero-order chi connectivity index (χ0) is 26.6. The Morgan fingerprint density at radius 3 is 2.14 bits per heavy atom. The Labute approximate surface area is 215 Å². The normalized spacial score (nSPS) is 11.5. The Bertz CT molecular complexity index is 1190. The number of hydrogen-bond donors (Lipinski definition) is 3. The highest BCUT2D eigenvalue weighted by molar-refractivity contribution is 5.81. The topological polar surface area (TPSA) is 129 Å². The molecule has 1 amide bonds. The van der Waals surface area contributed by atoms with Crippen LogP contribution in [0.4, 0.5) is 4.79 Å². The number of amides is 1. The summed E-state index contributed by atoms with van der Waals surface area (Å²) in [5.74, 6) is 1.48. The van der Waals surface area contributed by atoms with Crippen molar-refractivity contribution < 1.29 is 33.6 Å². The lowest BCUT2D eigenvalue weighted by Gasteiger charge is -2.12. The molecule has 9 nitrogen and oxygen atoms in total. The number of carbonyl (C=O) groups is 2. The molecule has 0 fully saturated rings. The first-order valence-corrected chi connectivity index (χ1v) is 11.5. The highest BCUT2D eigenvalue weighted by atomic mass is 16.7. The summed E-state index contributed by atoms with van der Waals surface area (Å²) in [5, 5.41) is 11.9. The molecule has 0 aliphatic heterocycles. The number of hydrogen-bond acceptors (Lipinski definition) is 8. The van der Waals surface area contributed by atoms with Crippen LogP contribution < -0.4 is 25.3 Å². The van der Waals surface area contributed by atoms with E-state index in [0.717, 1.165) is 16.7 Å². The Morgan fingerprint density at radius 1 is 0.892 bits per heavy atom. The fourth-order valence-corrected chi connectivity index (χ4v) is 3.31. The summed E-state index contributed by atoms with van der Waals surface area (Å²) in [5.41, 5.74) is 8.53. The SMILES string of the molecule is COc1cc(C=Cc2ccc(OC(=O)OCCNC(=O)C(N)Cc3ccc(O)cc3)cc2)cc(OC)c1. The number of ether oxygens (including phenoxy) is 4. The molecular formula is C28H30N2O7. The number of methoxy groups -OCH3 is 2. The van der Waals surface area contributed by atoms with Crippen molar-refractivity contribution in [3.63, 3.8) is 0 Å². The van der Waals surface area contributed by atoms with Crippen molar-refractivity contribution in [3.8, 4) is 23.0 Å². The molecule has 37 heavy (non-hydrogen) atoms. The van der Waals surface area contributed by atoms with E-state index in [9.17, 15) is 14.7 Å². The quantitative estimate of drug-likeness (QED) is 0.155. The number of nitrogens with two attached hydrogens (primary N) is 1. The molecule has 1 unspecified atom stereocenters. The van der Waals surface area contributed by atoms with Crippen LogP contribution in [0.2, 0.25) is 0 Å². The lowest BCUT2D eigenvalue weighted by atomic mass is 10.1. The van der Waals surface area contributed by atoms with E-state index in [0.29, 0.717) is 23.7 Å². The Balaban J connectivity index is 1.39. The van der Waals surface area contributed by atoms with Gasteiger partial charge in [0.05, 0.1) is 26.8 Å². The van der Waals surface area contributed by atoms with Crippen LogP contribution in [0.25, 0.3) is 12.2 Å². The van der Waals surface area contributed by atoms with E-state index in [2.05, 4.69) is 5.32 Å². The van der Waals surface area contributed by atoms with Crippen LogP contribution >= 0.6 is 0 Å². The van der Waals surface area contributed by atoms with Gasteiger partial charge in [0.15, 0.2) is 0 Å². The molecule has 3 aromatic rings. The lowest BCUT2D eigenvalue weighted by Crippen LogP contribution is -2.43. The number of phenols is 1. The molecule has 4 N–H and O–H groups in total. The van der Waals surface area contributed by atoms with E-state index in [-0.39, 0.29) is 24.8 Å². The predicted octanol–water partition coefficient (Wildman–Crippen LogP) is 3.78. The average molecular weight is 507 g/mol. The molecule has 3 rings (SSSR count). The Kier molecular flexibility index (Phi) is 9.92. The largest absolute Gasteiger partial charge is 0.513 e. The van der Waals surface area contributed by atoms with Crippen molar-refractivity contribution in [2.24, 2.45) is 5.73 Å². The lowest BCUT2D eigenvalue weighted by molar-refractivity contribution is -0.122. The minimum Gasteiger partial charge on any atom is -0.508 e. The monoisotopic (exact) mass is 506 g/mol. The molecule has 0 aliphatic carbocycles. The fraction of sp³-hybridized carbons (Fsp3) is 0.214. The van der Waals surface area contributed by atoms with Crippen molar-refractivity contribution in [1.29, 1.82) is 0 Å². The second-order valence-corrected chi connectivity index (χ2v) is 8.02. The van der Waals surface area contributed by atoms with E-state index in [1.54, 1.807) is 56.7 Å². The molecule has 0 aromatic heterocycles. The maximum Gasteiger partial charge on any atom is 0.513 e. The number of aromatic hydroxyl groups is 1. The molecular weight excluding hydrogens is 476 g/mol. The van der Waals surface area contributed by atoms with Crippen LogP contribution in [-0.2, 0) is 16.0 Å². The minimum atomic E-state index is -0.880. The van der Waals surface area contributed by atoms with E-state index < -0.39 is 12.2 Å². The molecule has 9 heteroatoms. The van der Waals surface area contributed by atoms with Crippen LogP contribution in [0.3, 0.4) is 0 Å². The summed E-state index contributed by atoms with van der Waals surface area (Å²) in [6, 6.07) is 18.2. The van der Waals surface area contributed by atoms with Gasteiger partial charge in [-0.1, -0.05) is 36.4 Å². The van der Waals surface area contributed by atoms with Gasteiger partial charge in [0.2, 0.25) is 5.91 Å². The molecule has 0 saturated carbocycles. The van der Waals surface area contributed by atoms with Crippen LogP contribution in [-0.4, -0.2) is 50.6 Å². The third-order valence-corrected chi connectivity index (χ3v) is 5.27. The van der Waals surface area contributed by atoms with Gasteiger partial charge in [-0.15, -0.1) is 0 Å². The molecule has 1 atom stereocenters. The van der Waals surface area contributed by atoms with Crippen LogP contribution in [0.5, 0.6) is 23.0 Å². The molecule has 3 aromatic carbocycles. The molecule has 194 valence electrons.